The first-order valence-corrected chi connectivity index (χ1v) is 15.1. The number of rotatable bonds is 7. The van der Waals surface area contributed by atoms with E-state index in [1.165, 1.54) is 57.8 Å². The van der Waals surface area contributed by atoms with E-state index in [1.54, 1.807) is 0 Å². The molecule has 0 amide bonds. The maximum absolute atomic E-state index is 11.2. The Morgan fingerprint density at radius 2 is 1.53 bits per heavy atom. The van der Waals surface area contributed by atoms with E-state index in [0.29, 0.717) is 16.7 Å². The Morgan fingerprint density at radius 1 is 0.882 bits per heavy atom. The minimum atomic E-state index is -4.89. The summed E-state index contributed by atoms with van der Waals surface area (Å²) in [6, 6.07) is 0. The predicted octanol–water partition coefficient (Wildman–Crippen LogP) is 0.330. The van der Waals surface area contributed by atoms with Crippen LogP contribution in [-0.4, -0.2) is 6.10 Å². The maximum atomic E-state index is 11.2. The quantitative estimate of drug-likeness (QED) is 0.342. The van der Waals surface area contributed by atoms with Gasteiger partial charge in [-0.2, -0.15) is 0 Å². The fourth-order valence-corrected chi connectivity index (χ4v) is 10.1. The van der Waals surface area contributed by atoms with Crippen molar-refractivity contribution in [3.8, 4) is 0 Å². The topological polar surface area (TPSA) is 72.4 Å². The van der Waals surface area contributed by atoms with E-state index in [9.17, 15) is 14.4 Å². The number of phosphoric acid groups is 1. The summed E-state index contributed by atoms with van der Waals surface area (Å²) in [6.45, 7) is 12.4. The number of hydrogen-bond donors (Lipinski definition) is 0. The van der Waals surface area contributed by atoms with Crippen LogP contribution < -0.4 is 113 Å². The molecule has 0 bridgehead atoms. The number of hydrogen-bond acceptors (Lipinski definition) is 4. The normalized spacial score (nSPS) is 42.6. The number of phosphoric ester groups is 1. The van der Waals surface area contributed by atoms with E-state index in [1.807, 2.05) is 0 Å². The molecule has 4 rings (SSSR count). The van der Waals surface area contributed by atoms with Crippen LogP contribution in [0.5, 0.6) is 0 Å². The van der Waals surface area contributed by atoms with Gasteiger partial charge < -0.3 is 18.9 Å². The summed E-state index contributed by atoms with van der Waals surface area (Å²) in [5.41, 5.74) is 0.806. The Balaban J connectivity index is 0.00000204. The molecule has 4 saturated carbocycles. The summed E-state index contributed by atoms with van der Waals surface area (Å²) in [6.07, 6.45) is 14.3. The van der Waals surface area contributed by atoms with Crippen LogP contribution in [0.2, 0.25) is 0 Å². The van der Waals surface area contributed by atoms with Crippen molar-refractivity contribution in [3.05, 3.63) is 0 Å². The van der Waals surface area contributed by atoms with Crippen LogP contribution in [0.25, 0.3) is 0 Å². The zero-order valence-electron chi connectivity index (χ0n) is 23.2. The summed E-state index contributed by atoms with van der Waals surface area (Å²) >= 11 is 0. The van der Waals surface area contributed by atoms with Gasteiger partial charge in [-0.1, -0.05) is 53.9 Å². The van der Waals surface area contributed by atoms with Gasteiger partial charge in [0, 0.05) is 0 Å². The molecule has 9 atom stereocenters. The fraction of sp³-hybridized carbons (Fsp3) is 1.00. The minimum absolute atomic E-state index is 0. The third kappa shape index (κ3) is 7.17. The van der Waals surface area contributed by atoms with Gasteiger partial charge in [-0.05, 0) is 110 Å². The van der Waals surface area contributed by atoms with Gasteiger partial charge in [0.2, 0.25) is 0 Å². The molecule has 34 heavy (non-hydrogen) atoms. The van der Waals surface area contributed by atoms with E-state index in [2.05, 4.69) is 34.6 Å². The summed E-state index contributed by atoms with van der Waals surface area (Å²) in [7, 11) is -4.89. The van der Waals surface area contributed by atoms with Gasteiger partial charge in [0.15, 0.2) is 0 Å². The van der Waals surface area contributed by atoms with Crippen molar-refractivity contribution in [1.29, 1.82) is 0 Å². The van der Waals surface area contributed by atoms with Gasteiger partial charge >= 0.3 is 103 Å². The van der Waals surface area contributed by atoms with Crippen LogP contribution in [0, 0.1) is 52.3 Å². The smallest absolute Gasteiger partial charge is 0.790 e. The molecule has 0 aliphatic heterocycles. The number of fused-ring (bicyclic) bond motifs is 5. The molecule has 4 nitrogen and oxygen atoms in total. The molecule has 0 radical (unpaired) electrons. The van der Waals surface area contributed by atoms with Crippen molar-refractivity contribution < 1.29 is 122 Å². The predicted molar refractivity (Wildman–Crippen MR) is 126 cm³/mol. The van der Waals surface area contributed by atoms with Crippen molar-refractivity contribution in [2.45, 2.75) is 118 Å². The average molecular weight is 545 g/mol. The van der Waals surface area contributed by atoms with Crippen LogP contribution >= 0.6 is 7.82 Å². The second-order valence-corrected chi connectivity index (χ2v) is 14.2. The average Bonchev–Trinajstić information content (AvgIpc) is 3.04. The molecular formula is C27H47K2O4P. The molecule has 4 aliphatic carbocycles. The fourth-order valence-electron chi connectivity index (χ4n) is 9.52. The van der Waals surface area contributed by atoms with Crippen LogP contribution in [0.1, 0.15) is 112 Å². The zero-order valence-corrected chi connectivity index (χ0v) is 30.3. The van der Waals surface area contributed by atoms with Crippen molar-refractivity contribution in [3.63, 3.8) is 0 Å². The van der Waals surface area contributed by atoms with E-state index >= 15 is 0 Å². The Hall–Kier alpha value is 3.38. The first-order chi connectivity index (χ1) is 14.9. The van der Waals surface area contributed by atoms with Crippen molar-refractivity contribution in [2.24, 2.45) is 52.3 Å². The third-order valence-corrected chi connectivity index (χ3v) is 11.7. The second-order valence-electron chi connectivity index (χ2n) is 13.1. The molecule has 4 fully saturated rings. The molecule has 7 heteroatoms. The molecule has 0 spiro atoms. The van der Waals surface area contributed by atoms with Gasteiger partial charge in [0.1, 0.15) is 0 Å². The largest absolute Gasteiger partial charge is 1.00 e. The third-order valence-electron chi connectivity index (χ3n) is 11.1. The zero-order chi connectivity index (χ0) is 23.3. The van der Waals surface area contributed by atoms with Crippen LogP contribution in [0.4, 0.5) is 0 Å². The molecule has 0 aromatic rings. The summed E-state index contributed by atoms with van der Waals surface area (Å²) in [5, 5.41) is 0. The first kappa shape index (κ1) is 33.6. The van der Waals surface area contributed by atoms with E-state index in [0.717, 1.165) is 54.8 Å². The molecular weight excluding hydrogens is 497 g/mol. The van der Waals surface area contributed by atoms with Crippen molar-refractivity contribution in [2.75, 3.05) is 0 Å². The molecule has 0 N–H and O–H groups in total. The van der Waals surface area contributed by atoms with Crippen LogP contribution in [0.15, 0.2) is 0 Å². The Kier molecular flexibility index (Phi) is 13.2. The van der Waals surface area contributed by atoms with Crippen LogP contribution in [0.3, 0.4) is 0 Å². The SMILES string of the molecule is CC(C)CCC[C@@H](C)[C@H]1CC[C@H]2[C@@H]3CC[C@H]4C[C@H](OP(=O)([O-])[O-])CC[C@]4(C)[C@H]3CC[C@]12C.[K+].[K+]. The van der Waals surface area contributed by atoms with Gasteiger partial charge in [0.05, 0.1) is 13.9 Å². The minimum Gasteiger partial charge on any atom is -0.790 e. The van der Waals surface area contributed by atoms with Crippen molar-refractivity contribution >= 4 is 7.82 Å². The molecule has 0 aromatic heterocycles. The molecule has 0 unspecified atom stereocenters. The molecule has 186 valence electrons. The van der Waals surface area contributed by atoms with E-state index in [4.69, 9.17) is 4.52 Å². The Morgan fingerprint density at radius 3 is 2.18 bits per heavy atom. The second kappa shape index (κ2) is 13.4. The van der Waals surface area contributed by atoms with Gasteiger partial charge in [-0.15, -0.1) is 0 Å². The maximum Gasteiger partial charge on any atom is 1.00 e. The standard InChI is InChI=1S/C27H49O4P.2K/c1-18(2)7-6-8-19(3)23-11-12-24-22-10-9-20-17-21(31-32(28,29)30)13-15-26(20,4)25(22)14-16-27(23,24)5;;/h18-25H,6-17H2,1-5H3,(H2,28,29,30);;/q;2*+1/p-2/t19-,20+,21-,22+,23-,24+,25+,26+,27-;;/m1../s1. The van der Waals surface area contributed by atoms with Gasteiger partial charge in [0.25, 0.3) is 0 Å². The summed E-state index contributed by atoms with van der Waals surface area (Å²) in [4.78, 5) is 22.3. The monoisotopic (exact) mass is 544 g/mol. The molecule has 4 aliphatic rings. The summed E-state index contributed by atoms with van der Waals surface area (Å²) in [5.74, 6) is 5.52. The molecule has 0 saturated heterocycles. The van der Waals surface area contributed by atoms with Crippen LogP contribution in [-0.2, 0) is 9.09 Å². The van der Waals surface area contributed by atoms with Crippen molar-refractivity contribution in [1.82, 2.24) is 0 Å². The molecule has 0 aromatic carbocycles. The van der Waals surface area contributed by atoms with Gasteiger partial charge in [-0.3, -0.25) is 0 Å². The Labute approximate surface area is 294 Å². The first-order valence-electron chi connectivity index (χ1n) is 13.6. The van der Waals surface area contributed by atoms with Gasteiger partial charge in [-0.25, -0.2) is 0 Å². The Bertz CT molecular complexity index is 715. The molecule has 0 heterocycles. The summed E-state index contributed by atoms with van der Waals surface area (Å²) < 4.78 is 16.1. The van der Waals surface area contributed by atoms with E-state index in [-0.39, 0.29) is 109 Å². The van der Waals surface area contributed by atoms with E-state index < -0.39 is 7.82 Å².